The number of halogens is 5. The quantitative estimate of drug-likeness (QED) is 0.599. The summed E-state index contributed by atoms with van der Waals surface area (Å²) in [4.78, 5) is 5.19. The van der Waals surface area contributed by atoms with E-state index in [0.717, 1.165) is 12.4 Å². The van der Waals surface area contributed by atoms with Crippen molar-refractivity contribution in [2.24, 2.45) is 0 Å². The average Bonchev–Trinajstić information content (AvgIpc) is 2.34. The van der Waals surface area contributed by atoms with E-state index in [1.54, 1.807) is 0 Å². The second kappa shape index (κ2) is 2.72. The first-order valence-corrected chi connectivity index (χ1v) is 3.59. The van der Waals surface area contributed by atoms with E-state index in [9.17, 15) is 17.6 Å². The number of alkyl halides is 5. The molecule has 1 aromatic heterocycles. The molecule has 0 aliphatic heterocycles. The number of imidazole rings is 1. The maximum absolute atomic E-state index is 12.9. The van der Waals surface area contributed by atoms with E-state index >= 15 is 0 Å². The summed E-state index contributed by atoms with van der Waals surface area (Å²) < 4.78 is 45.0. The van der Waals surface area contributed by atoms with Crippen LogP contribution in [-0.2, 0) is 4.58 Å². The molecule has 7 heteroatoms. The van der Waals surface area contributed by atoms with Crippen molar-refractivity contribution in [1.29, 1.82) is 0 Å². The highest BCUT2D eigenvalue weighted by atomic mass is 79.9. The van der Waals surface area contributed by atoms with E-state index < -0.39 is 16.6 Å². The lowest BCUT2D eigenvalue weighted by molar-refractivity contribution is -0.197. The first-order valence-electron chi connectivity index (χ1n) is 2.80. The van der Waals surface area contributed by atoms with Gasteiger partial charge < -0.3 is 4.98 Å². The molecule has 0 aliphatic carbocycles. The van der Waals surface area contributed by atoms with Crippen LogP contribution in [-0.4, -0.2) is 16.1 Å². The van der Waals surface area contributed by atoms with Gasteiger partial charge in [0.15, 0.2) is 5.82 Å². The molecule has 0 saturated carbocycles. The van der Waals surface area contributed by atoms with Gasteiger partial charge in [0.25, 0.3) is 0 Å². The molecule has 1 atom stereocenters. The van der Waals surface area contributed by atoms with E-state index in [1.165, 1.54) is 0 Å². The van der Waals surface area contributed by atoms with Crippen molar-refractivity contribution in [2.75, 3.05) is 0 Å². The van der Waals surface area contributed by atoms with Gasteiger partial charge in [0.2, 0.25) is 0 Å². The number of aromatic amines is 1. The summed E-state index contributed by atoms with van der Waals surface area (Å²) in [6, 6.07) is 0. The van der Waals surface area contributed by atoms with Gasteiger partial charge in [-0.15, -0.1) is 0 Å². The molecule has 1 heterocycles. The van der Waals surface area contributed by atoms with Gasteiger partial charge in [0.1, 0.15) is 0 Å². The molecule has 1 N–H and O–H groups in total. The fourth-order valence-electron chi connectivity index (χ4n) is 0.571. The molecule has 2 nitrogen and oxygen atoms in total. The maximum Gasteiger partial charge on any atom is 0.440 e. The maximum atomic E-state index is 12.9. The number of nitrogens with one attached hydrogen (secondary N) is 1. The Bertz CT molecular complexity index is 253. The summed E-state index contributed by atoms with van der Waals surface area (Å²) in [5, 5.41) is 0. The highest BCUT2D eigenvalue weighted by molar-refractivity contribution is 9.09. The van der Waals surface area contributed by atoms with Crippen LogP contribution in [0.15, 0.2) is 12.4 Å². The summed E-state index contributed by atoms with van der Waals surface area (Å²) in [7, 11) is 0. The van der Waals surface area contributed by atoms with Gasteiger partial charge >= 0.3 is 10.8 Å². The molecule has 1 aromatic rings. The number of hydrogen-bond donors (Lipinski definition) is 1. The zero-order valence-electron chi connectivity index (χ0n) is 5.49. The molecule has 0 bridgehead atoms. The van der Waals surface area contributed by atoms with Gasteiger partial charge in [-0.2, -0.15) is 13.2 Å². The first kappa shape index (κ1) is 9.50. The van der Waals surface area contributed by atoms with E-state index in [-0.39, 0.29) is 0 Å². The number of nitrogens with zero attached hydrogens (tertiary/aromatic N) is 1. The van der Waals surface area contributed by atoms with Crippen molar-refractivity contribution in [3.05, 3.63) is 18.2 Å². The molecule has 0 spiro atoms. The van der Waals surface area contributed by atoms with Gasteiger partial charge in [-0.25, -0.2) is 9.37 Å². The second-order valence-electron chi connectivity index (χ2n) is 2.01. The Kier molecular flexibility index (Phi) is 2.15. The Morgan fingerprint density at radius 2 is 1.92 bits per heavy atom. The molecule has 0 aromatic carbocycles. The Morgan fingerprint density at radius 1 is 1.33 bits per heavy atom. The van der Waals surface area contributed by atoms with Crippen molar-refractivity contribution < 1.29 is 17.6 Å². The monoisotopic (exact) mass is 246 g/mol. The minimum absolute atomic E-state index is 0.810. The summed E-state index contributed by atoms with van der Waals surface area (Å²) in [5.41, 5.74) is 0. The number of aromatic nitrogens is 2. The molecule has 0 amide bonds. The van der Waals surface area contributed by atoms with Crippen LogP contribution in [0.3, 0.4) is 0 Å². The molecule has 0 radical (unpaired) electrons. The summed E-state index contributed by atoms with van der Waals surface area (Å²) >= 11 is 1.90. The molecule has 1 rings (SSSR count). The average molecular weight is 247 g/mol. The molecule has 0 fully saturated rings. The number of rotatable bonds is 1. The fraction of sp³-hybridized carbons (Fsp3) is 0.400. The lowest BCUT2D eigenvalue weighted by Crippen LogP contribution is -2.33. The number of H-pyrrole nitrogens is 1. The Balaban J connectivity index is 3.02. The standard InChI is InChI=1S/C5H3BrF4N2/c6-4(7,5(8,9)10)3-11-1-2-12-3/h1-2H,(H,11,12). The first-order chi connectivity index (χ1) is 5.36. The lowest BCUT2D eigenvalue weighted by Gasteiger charge is -2.18. The van der Waals surface area contributed by atoms with Crippen LogP contribution in [0.1, 0.15) is 5.82 Å². The van der Waals surface area contributed by atoms with Gasteiger partial charge in [-0.3, -0.25) is 0 Å². The second-order valence-corrected chi connectivity index (χ2v) is 3.10. The Morgan fingerprint density at radius 3 is 2.25 bits per heavy atom. The SMILES string of the molecule is FC(F)(F)C(F)(Br)c1ncc[nH]1. The Labute approximate surface area is 73.1 Å². The zero-order chi connectivity index (χ0) is 9.41. The van der Waals surface area contributed by atoms with Crippen LogP contribution >= 0.6 is 15.9 Å². The van der Waals surface area contributed by atoms with E-state index in [1.807, 2.05) is 20.9 Å². The van der Waals surface area contributed by atoms with Crippen LogP contribution in [0, 0.1) is 0 Å². The smallest absolute Gasteiger partial charge is 0.345 e. The molecular formula is C5H3BrF4N2. The van der Waals surface area contributed by atoms with Crippen LogP contribution in [0.5, 0.6) is 0 Å². The van der Waals surface area contributed by atoms with Crippen molar-refractivity contribution in [3.8, 4) is 0 Å². The van der Waals surface area contributed by atoms with Crippen molar-refractivity contribution in [1.82, 2.24) is 9.97 Å². The third-order valence-corrected chi connectivity index (χ3v) is 1.98. The summed E-state index contributed by atoms with van der Waals surface area (Å²) in [5.74, 6) is -0.810. The topological polar surface area (TPSA) is 28.7 Å². The largest absolute Gasteiger partial charge is 0.440 e. The van der Waals surface area contributed by atoms with Gasteiger partial charge in [0.05, 0.1) is 0 Å². The number of hydrogen-bond acceptors (Lipinski definition) is 1. The van der Waals surface area contributed by atoms with Crippen LogP contribution in [0.4, 0.5) is 17.6 Å². The highest BCUT2D eigenvalue weighted by Gasteiger charge is 2.57. The van der Waals surface area contributed by atoms with Crippen molar-refractivity contribution in [3.63, 3.8) is 0 Å². The van der Waals surface area contributed by atoms with E-state index in [4.69, 9.17) is 0 Å². The third-order valence-electron chi connectivity index (χ3n) is 1.15. The minimum atomic E-state index is -5.02. The molecule has 68 valence electrons. The highest BCUT2D eigenvalue weighted by Crippen LogP contribution is 2.45. The normalized spacial score (nSPS) is 17.4. The van der Waals surface area contributed by atoms with Crippen molar-refractivity contribution in [2.45, 2.75) is 10.8 Å². The third kappa shape index (κ3) is 1.45. The summed E-state index contributed by atoms with van der Waals surface area (Å²) in [6.45, 7) is 0. The summed E-state index contributed by atoms with van der Waals surface area (Å²) in [6.07, 6.45) is -2.88. The molecule has 1 unspecified atom stereocenters. The molecular weight excluding hydrogens is 244 g/mol. The molecule has 0 aliphatic rings. The van der Waals surface area contributed by atoms with E-state index in [2.05, 4.69) is 4.98 Å². The van der Waals surface area contributed by atoms with Gasteiger partial charge in [-0.1, -0.05) is 0 Å². The van der Waals surface area contributed by atoms with Gasteiger partial charge in [-0.05, 0) is 15.9 Å². The van der Waals surface area contributed by atoms with Gasteiger partial charge in [0, 0.05) is 12.4 Å². The zero-order valence-corrected chi connectivity index (χ0v) is 7.08. The van der Waals surface area contributed by atoms with Crippen LogP contribution in [0.2, 0.25) is 0 Å². The minimum Gasteiger partial charge on any atom is -0.345 e. The predicted molar refractivity (Wildman–Crippen MR) is 36.4 cm³/mol. The Hall–Kier alpha value is -0.590. The molecule has 12 heavy (non-hydrogen) atoms. The fourth-order valence-corrected chi connectivity index (χ4v) is 0.788. The van der Waals surface area contributed by atoms with Crippen molar-refractivity contribution >= 4 is 15.9 Å². The predicted octanol–water partition coefficient (Wildman–Crippen LogP) is 2.49. The van der Waals surface area contributed by atoms with Crippen LogP contribution in [0.25, 0.3) is 0 Å². The lowest BCUT2D eigenvalue weighted by atomic mass is 10.3. The molecule has 0 saturated heterocycles. The van der Waals surface area contributed by atoms with Crippen LogP contribution < -0.4 is 0 Å². The van der Waals surface area contributed by atoms with E-state index in [0.29, 0.717) is 0 Å².